The molecule has 5 nitrogen and oxygen atoms in total. The molecule has 0 bridgehead atoms. The number of carbonyl (C=O) groups is 2. The summed E-state index contributed by atoms with van der Waals surface area (Å²) in [6.07, 6.45) is 0.0730. The van der Waals surface area contributed by atoms with Crippen molar-refractivity contribution in [3.05, 3.63) is 28.2 Å². The molecule has 0 aliphatic rings. The van der Waals surface area contributed by atoms with Crippen LogP contribution >= 0.6 is 15.9 Å². The first-order valence-electron chi connectivity index (χ1n) is 5.34. The second kappa shape index (κ2) is 7.00. The van der Waals surface area contributed by atoms with E-state index in [0.717, 1.165) is 15.8 Å². The Morgan fingerprint density at radius 1 is 1.44 bits per heavy atom. The smallest absolute Gasteiger partial charge is 0.312 e. The molecule has 0 atom stereocenters. The molecule has 18 heavy (non-hydrogen) atoms. The number of carboxylic acids is 1. The van der Waals surface area contributed by atoms with E-state index in [0.29, 0.717) is 13.0 Å². The Hall–Kier alpha value is -1.56. The Labute approximate surface area is 113 Å². The van der Waals surface area contributed by atoms with Crippen LogP contribution in [-0.2, 0) is 16.0 Å². The van der Waals surface area contributed by atoms with Crippen LogP contribution in [0.25, 0.3) is 0 Å². The average molecular weight is 316 g/mol. The van der Waals surface area contributed by atoms with Crippen LogP contribution in [0.1, 0.15) is 12.0 Å². The van der Waals surface area contributed by atoms with Gasteiger partial charge < -0.3 is 15.2 Å². The standard InChI is InChI=1S/C12H14BrNO4/c1-18-10-3-2-9(13)6-8(10)4-5-14-11(15)7-12(16)17/h2-3,6H,4-5,7H2,1H3,(H,14,15)(H,16,17). The van der Waals surface area contributed by atoms with Gasteiger partial charge in [0, 0.05) is 11.0 Å². The fourth-order valence-corrected chi connectivity index (χ4v) is 1.89. The molecule has 0 heterocycles. The average Bonchev–Trinajstić information content (AvgIpc) is 2.28. The highest BCUT2D eigenvalue weighted by Crippen LogP contribution is 2.23. The zero-order valence-corrected chi connectivity index (χ0v) is 11.5. The molecule has 0 fully saturated rings. The van der Waals surface area contributed by atoms with Crippen molar-refractivity contribution in [2.45, 2.75) is 12.8 Å². The first-order valence-corrected chi connectivity index (χ1v) is 6.13. The van der Waals surface area contributed by atoms with Crippen LogP contribution < -0.4 is 10.1 Å². The number of hydrogen-bond donors (Lipinski definition) is 2. The van der Waals surface area contributed by atoms with Gasteiger partial charge in [0.25, 0.3) is 0 Å². The van der Waals surface area contributed by atoms with Crippen molar-refractivity contribution in [3.8, 4) is 5.75 Å². The lowest BCUT2D eigenvalue weighted by Crippen LogP contribution is -2.27. The number of hydrogen-bond acceptors (Lipinski definition) is 3. The van der Waals surface area contributed by atoms with Gasteiger partial charge in [0.2, 0.25) is 5.91 Å². The molecule has 0 aliphatic carbocycles. The normalized spacial score (nSPS) is 9.89. The number of carbonyl (C=O) groups excluding carboxylic acids is 1. The second-order valence-electron chi connectivity index (χ2n) is 3.63. The molecular formula is C12H14BrNO4. The van der Waals surface area contributed by atoms with Gasteiger partial charge in [-0.15, -0.1) is 0 Å². The summed E-state index contributed by atoms with van der Waals surface area (Å²) in [5, 5.41) is 11.0. The van der Waals surface area contributed by atoms with Crippen molar-refractivity contribution in [2.24, 2.45) is 0 Å². The Bertz CT molecular complexity index is 448. The maximum Gasteiger partial charge on any atom is 0.312 e. The van der Waals surface area contributed by atoms with E-state index in [9.17, 15) is 9.59 Å². The van der Waals surface area contributed by atoms with Crippen molar-refractivity contribution in [3.63, 3.8) is 0 Å². The highest BCUT2D eigenvalue weighted by molar-refractivity contribution is 9.10. The van der Waals surface area contributed by atoms with Gasteiger partial charge in [-0.25, -0.2) is 0 Å². The van der Waals surface area contributed by atoms with Crippen molar-refractivity contribution in [1.29, 1.82) is 0 Å². The summed E-state index contributed by atoms with van der Waals surface area (Å²) in [6.45, 7) is 0.374. The summed E-state index contributed by atoms with van der Waals surface area (Å²) in [6, 6.07) is 5.60. The van der Waals surface area contributed by atoms with Gasteiger partial charge >= 0.3 is 5.97 Å². The zero-order valence-electron chi connectivity index (χ0n) is 9.90. The van der Waals surface area contributed by atoms with Crippen LogP contribution in [0.15, 0.2) is 22.7 Å². The first-order chi connectivity index (χ1) is 8.52. The third-order valence-corrected chi connectivity index (χ3v) is 2.76. The quantitative estimate of drug-likeness (QED) is 0.782. The molecule has 0 aromatic heterocycles. The van der Waals surface area contributed by atoms with Crippen LogP contribution in [0.2, 0.25) is 0 Å². The molecule has 0 spiro atoms. The summed E-state index contributed by atoms with van der Waals surface area (Å²) >= 11 is 3.36. The summed E-state index contributed by atoms with van der Waals surface area (Å²) in [7, 11) is 1.58. The molecule has 6 heteroatoms. The number of amides is 1. The molecule has 1 aromatic carbocycles. The molecule has 1 rings (SSSR count). The second-order valence-corrected chi connectivity index (χ2v) is 4.54. The van der Waals surface area contributed by atoms with Gasteiger partial charge in [-0.2, -0.15) is 0 Å². The fourth-order valence-electron chi connectivity index (χ4n) is 1.48. The van der Waals surface area contributed by atoms with Crippen molar-refractivity contribution in [1.82, 2.24) is 5.32 Å². The molecule has 0 saturated carbocycles. The predicted molar refractivity (Wildman–Crippen MR) is 69.7 cm³/mol. The monoisotopic (exact) mass is 315 g/mol. The lowest BCUT2D eigenvalue weighted by Gasteiger charge is -2.09. The number of methoxy groups -OCH3 is 1. The topological polar surface area (TPSA) is 75.6 Å². The molecule has 0 aliphatic heterocycles. The van der Waals surface area contributed by atoms with Gasteiger partial charge in [-0.1, -0.05) is 15.9 Å². The number of aliphatic carboxylic acids is 1. The lowest BCUT2D eigenvalue weighted by atomic mass is 10.1. The van der Waals surface area contributed by atoms with Gasteiger partial charge in [0.15, 0.2) is 0 Å². The molecule has 2 N–H and O–H groups in total. The fraction of sp³-hybridized carbons (Fsp3) is 0.333. The number of carboxylic acid groups (broad SMARTS) is 1. The summed E-state index contributed by atoms with van der Waals surface area (Å²) in [4.78, 5) is 21.4. The number of rotatable bonds is 6. The van der Waals surface area contributed by atoms with Gasteiger partial charge in [-0.05, 0) is 30.2 Å². The Kier molecular flexibility index (Phi) is 5.64. The van der Waals surface area contributed by atoms with E-state index in [1.54, 1.807) is 7.11 Å². The number of ether oxygens (including phenoxy) is 1. The third kappa shape index (κ3) is 4.75. The van der Waals surface area contributed by atoms with E-state index in [-0.39, 0.29) is 0 Å². The van der Waals surface area contributed by atoms with Crippen LogP contribution in [-0.4, -0.2) is 30.6 Å². The van der Waals surface area contributed by atoms with Crippen LogP contribution in [0.5, 0.6) is 5.75 Å². The molecule has 1 aromatic rings. The van der Waals surface area contributed by atoms with E-state index in [4.69, 9.17) is 9.84 Å². The Balaban J connectivity index is 2.50. The largest absolute Gasteiger partial charge is 0.496 e. The molecular weight excluding hydrogens is 302 g/mol. The number of nitrogens with one attached hydrogen (secondary N) is 1. The molecule has 0 saturated heterocycles. The SMILES string of the molecule is COc1ccc(Br)cc1CCNC(=O)CC(=O)O. The summed E-state index contributed by atoms with van der Waals surface area (Å²) < 4.78 is 6.12. The minimum absolute atomic E-state index is 0.374. The van der Waals surface area contributed by atoms with Crippen molar-refractivity contribution < 1.29 is 19.4 Å². The zero-order chi connectivity index (χ0) is 13.5. The van der Waals surface area contributed by atoms with E-state index in [1.807, 2.05) is 18.2 Å². The van der Waals surface area contributed by atoms with E-state index in [1.165, 1.54) is 0 Å². The van der Waals surface area contributed by atoms with E-state index in [2.05, 4.69) is 21.2 Å². The molecule has 0 radical (unpaired) electrons. The highest BCUT2D eigenvalue weighted by atomic mass is 79.9. The van der Waals surface area contributed by atoms with E-state index >= 15 is 0 Å². The Morgan fingerprint density at radius 2 is 2.17 bits per heavy atom. The molecule has 0 unspecified atom stereocenters. The maximum atomic E-state index is 11.1. The van der Waals surface area contributed by atoms with Gasteiger partial charge in [0.1, 0.15) is 12.2 Å². The third-order valence-electron chi connectivity index (χ3n) is 2.27. The molecule has 1 amide bonds. The van der Waals surface area contributed by atoms with Gasteiger partial charge in [0.05, 0.1) is 7.11 Å². The maximum absolute atomic E-state index is 11.1. The lowest BCUT2D eigenvalue weighted by molar-refractivity contribution is -0.140. The van der Waals surface area contributed by atoms with Crippen LogP contribution in [0.4, 0.5) is 0 Å². The highest BCUT2D eigenvalue weighted by Gasteiger charge is 2.08. The number of benzene rings is 1. The Morgan fingerprint density at radius 3 is 2.78 bits per heavy atom. The first kappa shape index (κ1) is 14.5. The van der Waals surface area contributed by atoms with Gasteiger partial charge in [-0.3, -0.25) is 9.59 Å². The summed E-state index contributed by atoms with van der Waals surface area (Å²) in [5.74, 6) is -0.880. The minimum Gasteiger partial charge on any atom is -0.496 e. The van der Waals surface area contributed by atoms with Crippen LogP contribution in [0.3, 0.4) is 0 Å². The molecule has 98 valence electrons. The van der Waals surface area contributed by atoms with Crippen molar-refractivity contribution in [2.75, 3.05) is 13.7 Å². The summed E-state index contributed by atoms with van der Waals surface area (Å²) in [5.41, 5.74) is 0.947. The van der Waals surface area contributed by atoms with Crippen LogP contribution in [0, 0.1) is 0 Å². The van der Waals surface area contributed by atoms with Crippen molar-refractivity contribution >= 4 is 27.8 Å². The minimum atomic E-state index is -1.13. The van der Waals surface area contributed by atoms with E-state index < -0.39 is 18.3 Å². The predicted octanol–water partition coefficient (Wildman–Crippen LogP) is 1.59. The number of halogens is 1.